The van der Waals surface area contributed by atoms with Gasteiger partial charge in [-0.2, -0.15) is 13.5 Å². The molecule has 0 aliphatic carbocycles. The molecule has 0 aliphatic rings. The van der Waals surface area contributed by atoms with Crippen LogP contribution in [0.5, 0.6) is 0 Å². The maximum absolute atomic E-state index is 11.8. The predicted octanol–water partition coefficient (Wildman–Crippen LogP) is 2.76. The Kier molecular flexibility index (Phi) is 4.70. The van der Waals surface area contributed by atoms with Crippen LogP contribution >= 0.6 is 15.9 Å². The van der Waals surface area contributed by atoms with Gasteiger partial charge in [-0.25, -0.2) is 4.83 Å². The van der Waals surface area contributed by atoms with E-state index in [9.17, 15) is 8.42 Å². The standard InChI is InChI=1S/C11H15BrN2O2S/c1-8(2)9(3)13-14-17(15,16)11-6-4-10(12)5-7-11/h4-8,14H,1-3H3/b13-9+. The fraction of sp³-hybridized carbons (Fsp3) is 0.364. The second-order valence-electron chi connectivity index (χ2n) is 3.96. The van der Waals surface area contributed by atoms with E-state index in [1.807, 2.05) is 13.8 Å². The molecular formula is C11H15BrN2O2S. The minimum atomic E-state index is -3.56. The molecule has 94 valence electrons. The van der Waals surface area contributed by atoms with E-state index >= 15 is 0 Å². The first-order valence-corrected chi connectivity index (χ1v) is 7.42. The second-order valence-corrected chi connectivity index (χ2v) is 6.53. The van der Waals surface area contributed by atoms with Gasteiger partial charge >= 0.3 is 0 Å². The van der Waals surface area contributed by atoms with Crippen molar-refractivity contribution >= 4 is 31.7 Å². The van der Waals surface area contributed by atoms with Gasteiger partial charge in [0.15, 0.2) is 0 Å². The number of rotatable bonds is 4. The molecule has 0 aromatic heterocycles. The number of benzene rings is 1. The summed E-state index contributed by atoms with van der Waals surface area (Å²) >= 11 is 3.25. The van der Waals surface area contributed by atoms with Crippen LogP contribution in [0.2, 0.25) is 0 Å². The number of nitrogens with zero attached hydrogens (tertiary/aromatic N) is 1. The Labute approximate surface area is 110 Å². The molecule has 0 spiro atoms. The highest BCUT2D eigenvalue weighted by molar-refractivity contribution is 9.10. The van der Waals surface area contributed by atoms with Crippen LogP contribution in [0.1, 0.15) is 20.8 Å². The van der Waals surface area contributed by atoms with E-state index in [-0.39, 0.29) is 10.8 Å². The van der Waals surface area contributed by atoms with E-state index in [1.54, 1.807) is 19.1 Å². The molecule has 1 aromatic carbocycles. The van der Waals surface area contributed by atoms with E-state index in [0.717, 1.165) is 10.2 Å². The Morgan fingerprint density at radius 2 is 1.82 bits per heavy atom. The summed E-state index contributed by atoms with van der Waals surface area (Å²) in [6, 6.07) is 6.39. The third kappa shape index (κ3) is 4.12. The van der Waals surface area contributed by atoms with Crippen molar-refractivity contribution in [3.05, 3.63) is 28.7 Å². The number of hydrogen-bond donors (Lipinski definition) is 1. The summed E-state index contributed by atoms with van der Waals surface area (Å²) in [6.45, 7) is 5.69. The molecule has 0 heterocycles. The molecule has 17 heavy (non-hydrogen) atoms. The summed E-state index contributed by atoms with van der Waals surface area (Å²) in [5.74, 6) is 0.211. The molecule has 1 aromatic rings. The number of sulfonamides is 1. The summed E-state index contributed by atoms with van der Waals surface area (Å²) < 4.78 is 24.5. The first-order valence-electron chi connectivity index (χ1n) is 5.14. The maximum atomic E-state index is 11.8. The fourth-order valence-electron chi connectivity index (χ4n) is 0.928. The molecule has 0 amide bonds. The van der Waals surface area contributed by atoms with Crippen molar-refractivity contribution in [1.82, 2.24) is 4.83 Å². The SMILES string of the molecule is C/C(=N\NS(=O)(=O)c1ccc(Br)cc1)C(C)C. The number of nitrogens with one attached hydrogen (secondary N) is 1. The summed E-state index contributed by atoms with van der Waals surface area (Å²) in [6.07, 6.45) is 0. The lowest BCUT2D eigenvalue weighted by Gasteiger charge is -2.07. The molecule has 1 rings (SSSR count). The quantitative estimate of drug-likeness (QED) is 0.685. The third-order valence-corrected chi connectivity index (χ3v) is 4.05. The Hall–Kier alpha value is -0.880. The molecule has 0 radical (unpaired) electrons. The van der Waals surface area contributed by atoms with Gasteiger partial charge < -0.3 is 0 Å². The number of halogens is 1. The van der Waals surface area contributed by atoms with Gasteiger partial charge in [-0.3, -0.25) is 0 Å². The van der Waals surface area contributed by atoms with Crippen molar-refractivity contribution in [2.75, 3.05) is 0 Å². The Balaban J connectivity index is 2.90. The zero-order chi connectivity index (χ0) is 13.1. The lowest BCUT2D eigenvalue weighted by Crippen LogP contribution is -2.20. The third-order valence-electron chi connectivity index (χ3n) is 2.30. The Morgan fingerprint density at radius 1 is 1.29 bits per heavy atom. The average molecular weight is 319 g/mol. The van der Waals surface area contributed by atoms with Crippen molar-refractivity contribution in [3.63, 3.8) is 0 Å². The molecule has 0 saturated heterocycles. The van der Waals surface area contributed by atoms with Crippen LogP contribution in [0, 0.1) is 5.92 Å². The van der Waals surface area contributed by atoms with E-state index in [2.05, 4.69) is 25.9 Å². The summed E-state index contributed by atoms with van der Waals surface area (Å²) in [4.78, 5) is 2.42. The van der Waals surface area contributed by atoms with Gasteiger partial charge in [0.05, 0.1) is 4.90 Å². The minimum absolute atomic E-state index is 0.195. The molecule has 6 heteroatoms. The van der Waals surface area contributed by atoms with E-state index < -0.39 is 10.0 Å². The molecule has 0 bridgehead atoms. The van der Waals surface area contributed by atoms with Gasteiger partial charge in [0.2, 0.25) is 0 Å². The Morgan fingerprint density at radius 3 is 2.29 bits per heavy atom. The van der Waals surface area contributed by atoms with Crippen molar-refractivity contribution < 1.29 is 8.42 Å². The normalized spacial score (nSPS) is 12.9. The predicted molar refractivity (Wildman–Crippen MR) is 72.4 cm³/mol. The largest absolute Gasteiger partial charge is 0.276 e. The van der Waals surface area contributed by atoms with Crippen molar-refractivity contribution in [2.24, 2.45) is 11.0 Å². The van der Waals surface area contributed by atoms with Crippen LogP contribution in [0.4, 0.5) is 0 Å². The highest BCUT2D eigenvalue weighted by atomic mass is 79.9. The van der Waals surface area contributed by atoms with Crippen LogP contribution in [0.3, 0.4) is 0 Å². The highest BCUT2D eigenvalue weighted by Crippen LogP contribution is 2.14. The lowest BCUT2D eigenvalue weighted by molar-refractivity contribution is 0.584. The molecule has 0 aliphatic heterocycles. The van der Waals surface area contributed by atoms with Crippen molar-refractivity contribution in [1.29, 1.82) is 0 Å². The van der Waals surface area contributed by atoms with Gasteiger partial charge in [0, 0.05) is 10.2 Å². The van der Waals surface area contributed by atoms with Gasteiger partial charge in [0.25, 0.3) is 10.0 Å². The van der Waals surface area contributed by atoms with Gasteiger partial charge in [-0.1, -0.05) is 29.8 Å². The van der Waals surface area contributed by atoms with Crippen LogP contribution in [0.25, 0.3) is 0 Å². The van der Waals surface area contributed by atoms with Crippen molar-refractivity contribution in [3.8, 4) is 0 Å². The lowest BCUT2D eigenvalue weighted by atomic mass is 10.1. The van der Waals surface area contributed by atoms with Crippen LogP contribution in [-0.2, 0) is 10.0 Å². The average Bonchev–Trinajstić information content (AvgIpc) is 2.26. The first kappa shape index (κ1) is 14.2. The summed E-state index contributed by atoms with van der Waals surface area (Å²) in [5.41, 5.74) is 0.741. The van der Waals surface area contributed by atoms with E-state index in [0.29, 0.717) is 0 Å². The first-order chi connectivity index (χ1) is 7.83. The maximum Gasteiger partial charge on any atom is 0.276 e. The summed E-state index contributed by atoms with van der Waals surface area (Å²) in [7, 11) is -3.56. The summed E-state index contributed by atoms with van der Waals surface area (Å²) in [5, 5.41) is 3.86. The fourth-order valence-corrected chi connectivity index (χ4v) is 2.06. The Bertz CT molecular complexity index is 507. The topological polar surface area (TPSA) is 58.5 Å². The minimum Gasteiger partial charge on any atom is -0.200 e. The van der Waals surface area contributed by atoms with Gasteiger partial charge in [0.1, 0.15) is 0 Å². The van der Waals surface area contributed by atoms with Crippen LogP contribution in [0.15, 0.2) is 38.7 Å². The van der Waals surface area contributed by atoms with Gasteiger partial charge in [-0.15, -0.1) is 0 Å². The molecule has 0 atom stereocenters. The molecule has 1 N–H and O–H groups in total. The number of hydrogen-bond acceptors (Lipinski definition) is 3. The smallest absolute Gasteiger partial charge is 0.200 e. The van der Waals surface area contributed by atoms with E-state index in [4.69, 9.17) is 0 Å². The van der Waals surface area contributed by atoms with Crippen LogP contribution in [-0.4, -0.2) is 14.1 Å². The highest BCUT2D eigenvalue weighted by Gasteiger charge is 2.12. The van der Waals surface area contributed by atoms with Crippen LogP contribution < -0.4 is 4.83 Å². The molecular weight excluding hydrogens is 304 g/mol. The zero-order valence-electron chi connectivity index (χ0n) is 9.94. The molecule has 4 nitrogen and oxygen atoms in total. The number of hydrazone groups is 1. The zero-order valence-corrected chi connectivity index (χ0v) is 12.3. The molecule has 0 fully saturated rings. The molecule has 0 unspecified atom stereocenters. The van der Waals surface area contributed by atoms with E-state index in [1.165, 1.54) is 12.1 Å². The monoisotopic (exact) mass is 318 g/mol. The van der Waals surface area contributed by atoms with Gasteiger partial charge in [-0.05, 0) is 37.1 Å². The second kappa shape index (κ2) is 5.64. The molecule has 0 saturated carbocycles. The van der Waals surface area contributed by atoms with Crippen molar-refractivity contribution in [2.45, 2.75) is 25.7 Å².